The summed E-state index contributed by atoms with van der Waals surface area (Å²) in [7, 11) is 3.53. The van der Waals surface area contributed by atoms with Gasteiger partial charge in [-0.1, -0.05) is 30.3 Å². The molecular formula is C21H24N4O2S. The number of rotatable bonds is 8. The zero-order valence-electron chi connectivity index (χ0n) is 16.0. The maximum atomic E-state index is 12.5. The molecule has 0 aliphatic carbocycles. The van der Waals surface area contributed by atoms with Crippen LogP contribution in [-0.4, -0.2) is 35.0 Å². The van der Waals surface area contributed by atoms with E-state index in [2.05, 4.69) is 27.8 Å². The molecule has 146 valence electrons. The van der Waals surface area contributed by atoms with Crippen molar-refractivity contribution in [3.8, 4) is 5.75 Å². The molecule has 0 radical (unpaired) electrons. The predicted molar refractivity (Wildman–Crippen MR) is 112 cm³/mol. The van der Waals surface area contributed by atoms with Crippen molar-refractivity contribution in [1.29, 1.82) is 0 Å². The van der Waals surface area contributed by atoms with Crippen LogP contribution in [0.15, 0.2) is 71.9 Å². The Morgan fingerprint density at radius 1 is 1.21 bits per heavy atom. The fourth-order valence-electron chi connectivity index (χ4n) is 2.81. The van der Waals surface area contributed by atoms with Crippen LogP contribution >= 0.6 is 11.8 Å². The summed E-state index contributed by atoms with van der Waals surface area (Å²) in [6.45, 7) is 0.566. The predicted octanol–water partition coefficient (Wildman–Crippen LogP) is 3.61. The fraction of sp³-hybridized carbons (Fsp3) is 0.238. The molecule has 7 heteroatoms. The monoisotopic (exact) mass is 396 g/mol. The van der Waals surface area contributed by atoms with E-state index < -0.39 is 0 Å². The number of aryl methyl sites for hydroxylation is 1. The molecule has 1 aromatic heterocycles. The Morgan fingerprint density at radius 2 is 2.04 bits per heavy atom. The molecule has 2 amide bonds. The Labute approximate surface area is 169 Å². The van der Waals surface area contributed by atoms with E-state index in [1.54, 1.807) is 25.1 Å². The van der Waals surface area contributed by atoms with Gasteiger partial charge in [-0.15, -0.1) is 11.8 Å². The van der Waals surface area contributed by atoms with E-state index in [0.29, 0.717) is 6.54 Å². The molecule has 0 saturated heterocycles. The molecule has 0 aliphatic heterocycles. The van der Waals surface area contributed by atoms with Crippen molar-refractivity contribution in [2.75, 3.05) is 19.4 Å². The second-order valence-corrected chi connectivity index (χ2v) is 7.34. The molecule has 0 saturated carbocycles. The van der Waals surface area contributed by atoms with E-state index in [0.717, 1.165) is 22.9 Å². The second kappa shape index (κ2) is 9.85. The third kappa shape index (κ3) is 5.29. The first-order valence-electron chi connectivity index (χ1n) is 9.01. The van der Waals surface area contributed by atoms with E-state index in [1.807, 2.05) is 60.3 Å². The molecule has 0 aliphatic rings. The highest BCUT2D eigenvalue weighted by atomic mass is 32.2. The molecule has 0 fully saturated rings. The molecule has 6 nitrogen and oxygen atoms in total. The minimum Gasteiger partial charge on any atom is -0.497 e. The van der Waals surface area contributed by atoms with Crippen molar-refractivity contribution >= 4 is 17.8 Å². The van der Waals surface area contributed by atoms with Crippen LogP contribution in [0.3, 0.4) is 0 Å². The summed E-state index contributed by atoms with van der Waals surface area (Å²) >= 11 is 1.71. The Bertz CT molecular complexity index is 898. The highest BCUT2D eigenvalue weighted by Gasteiger charge is 2.21. The zero-order valence-corrected chi connectivity index (χ0v) is 16.8. The number of aromatic nitrogens is 2. The number of benzene rings is 2. The van der Waals surface area contributed by atoms with E-state index >= 15 is 0 Å². The smallest absolute Gasteiger partial charge is 0.315 e. The number of nitrogens with zero attached hydrogens (tertiary/aromatic N) is 2. The van der Waals surface area contributed by atoms with E-state index in [9.17, 15) is 4.79 Å². The molecule has 0 spiro atoms. The number of imidazole rings is 1. The summed E-state index contributed by atoms with van der Waals surface area (Å²) in [5, 5.41) is 5.95. The lowest BCUT2D eigenvalue weighted by Crippen LogP contribution is -2.40. The number of ether oxygens (including phenoxy) is 1. The molecule has 1 atom stereocenters. The zero-order chi connectivity index (χ0) is 19.8. The van der Waals surface area contributed by atoms with Gasteiger partial charge in [-0.05, 0) is 29.8 Å². The number of urea groups is 1. The van der Waals surface area contributed by atoms with E-state index in [1.165, 1.54) is 4.90 Å². The van der Waals surface area contributed by atoms with Crippen LogP contribution in [0.5, 0.6) is 5.75 Å². The molecule has 2 aromatic carbocycles. The number of methoxy groups -OCH3 is 1. The van der Waals surface area contributed by atoms with Gasteiger partial charge in [0.25, 0.3) is 0 Å². The van der Waals surface area contributed by atoms with Gasteiger partial charge in [0.15, 0.2) is 0 Å². The molecule has 0 bridgehead atoms. The van der Waals surface area contributed by atoms with Crippen molar-refractivity contribution in [2.45, 2.75) is 10.9 Å². The van der Waals surface area contributed by atoms with Gasteiger partial charge in [0.05, 0.1) is 7.11 Å². The van der Waals surface area contributed by atoms with Gasteiger partial charge >= 0.3 is 6.03 Å². The number of nitrogens with one attached hydrogen (secondary N) is 2. The van der Waals surface area contributed by atoms with E-state index in [4.69, 9.17) is 4.74 Å². The average Bonchev–Trinajstić information content (AvgIpc) is 3.16. The standard InChI is InChI=1S/C21H24N4O2S/c1-25-13-11-22-20(25)19(16-7-6-8-17(15-16)27-2)24-21(26)23-12-14-28-18-9-4-3-5-10-18/h3-11,13,15,19H,12,14H2,1-2H3,(H2,23,24,26)/t19-/m0/s1. The topological polar surface area (TPSA) is 68.2 Å². The van der Waals surface area contributed by atoms with Crippen LogP contribution in [0.25, 0.3) is 0 Å². The largest absolute Gasteiger partial charge is 0.497 e. The van der Waals surface area contributed by atoms with Crippen LogP contribution in [0, 0.1) is 0 Å². The first-order chi connectivity index (χ1) is 13.7. The quantitative estimate of drug-likeness (QED) is 0.451. The van der Waals surface area contributed by atoms with Gasteiger partial charge in [0, 0.05) is 36.6 Å². The molecule has 3 rings (SSSR count). The highest BCUT2D eigenvalue weighted by molar-refractivity contribution is 7.99. The molecule has 1 heterocycles. The van der Waals surface area contributed by atoms with Crippen molar-refractivity contribution < 1.29 is 9.53 Å². The third-order valence-electron chi connectivity index (χ3n) is 4.22. The van der Waals surface area contributed by atoms with Gasteiger partial charge in [-0.2, -0.15) is 0 Å². The molecular weight excluding hydrogens is 372 g/mol. The highest BCUT2D eigenvalue weighted by Crippen LogP contribution is 2.24. The van der Waals surface area contributed by atoms with Crippen LogP contribution in [-0.2, 0) is 7.05 Å². The SMILES string of the molecule is COc1cccc([C@H](NC(=O)NCCSc2ccccc2)c2nccn2C)c1. The van der Waals surface area contributed by atoms with Gasteiger partial charge in [0.2, 0.25) is 0 Å². The summed E-state index contributed by atoms with van der Waals surface area (Å²) in [6, 6.07) is 17.2. The molecule has 2 N–H and O–H groups in total. The summed E-state index contributed by atoms with van der Waals surface area (Å²) in [5.74, 6) is 2.28. The van der Waals surface area contributed by atoms with Gasteiger partial charge in [0.1, 0.15) is 17.6 Å². The number of amides is 2. The summed E-state index contributed by atoms with van der Waals surface area (Å²) in [6.07, 6.45) is 3.58. The van der Waals surface area contributed by atoms with Crippen molar-refractivity contribution in [3.05, 3.63) is 78.4 Å². The van der Waals surface area contributed by atoms with Crippen molar-refractivity contribution in [1.82, 2.24) is 20.2 Å². The van der Waals surface area contributed by atoms with E-state index in [-0.39, 0.29) is 12.1 Å². The van der Waals surface area contributed by atoms with Crippen LogP contribution < -0.4 is 15.4 Å². The van der Waals surface area contributed by atoms with Crippen molar-refractivity contribution in [3.63, 3.8) is 0 Å². The number of hydrogen-bond acceptors (Lipinski definition) is 4. The third-order valence-corrected chi connectivity index (χ3v) is 5.23. The molecule has 0 unspecified atom stereocenters. The summed E-state index contributed by atoms with van der Waals surface area (Å²) < 4.78 is 7.22. The Hall–Kier alpha value is -2.93. The van der Waals surface area contributed by atoms with Crippen LogP contribution in [0.2, 0.25) is 0 Å². The second-order valence-electron chi connectivity index (χ2n) is 6.17. The van der Waals surface area contributed by atoms with Gasteiger partial charge < -0.3 is 19.9 Å². The lowest BCUT2D eigenvalue weighted by atomic mass is 10.1. The number of carbonyl (C=O) groups excluding carboxylic acids is 1. The lowest BCUT2D eigenvalue weighted by Gasteiger charge is -2.20. The summed E-state index contributed by atoms with van der Waals surface area (Å²) in [4.78, 5) is 18.1. The molecule has 3 aromatic rings. The number of thioether (sulfide) groups is 1. The van der Waals surface area contributed by atoms with Gasteiger partial charge in [-0.25, -0.2) is 9.78 Å². The minimum atomic E-state index is -0.378. The Balaban J connectivity index is 1.62. The molecule has 28 heavy (non-hydrogen) atoms. The Kier molecular flexibility index (Phi) is 6.97. The van der Waals surface area contributed by atoms with Crippen LogP contribution in [0.1, 0.15) is 17.4 Å². The van der Waals surface area contributed by atoms with Gasteiger partial charge in [-0.3, -0.25) is 0 Å². The normalized spacial score (nSPS) is 11.6. The lowest BCUT2D eigenvalue weighted by molar-refractivity contribution is 0.238. The Morgan fingerprint density at radius 3 is 2.75 bits per heavy atom. The number of hydrogen-bond donors (Lipinski definition) is 2. The first kappa shape index (κ1) is 19.8. The van der Waals surface area contributed by atoms with Crippen LogP contribution in [0.4, 0.5) is 4.79 Å². The maximum Gasteiger partial charge on any atom is 0.315 e. The first-order valence-corrected chi connectivity index (χ1v) is 9.99. The summed E-state index contributed by atoms with van der Waals surface area (Å²) in [5.41, 5.74) is 0.905. The number of carbonyl (C=O) groups is 1. The fourth-order valence-corrected chi connectivity index (χ4v) is 3.60. The minimum absolute atomic E-state index is 0.232. The maximum absolute atomic E-state index is 12.5. The average molecular weight is 397 g/mol. The van der Waals surface area contributed by atoms with Crippen molar-refractivity contribution in [2.24, 2.45) is 7.05 Å².